The number of hydrogen-bond donors (Lipinski definition) is 1. The van der Waals surface area contributed by atoms with Crippen molar-refractivity contribution in [1.82, 2.24) is 14.9 Å². The van der Waals surface area contributed by atoms with E-state index >= 15 is 0 Å². The van der Waals surface area contributed by atoms with E-state index in [0.717, 1.165) is 0 Å². The Morgan fingerprint density at radius 2 is 2.35 bits per heavy atom. The highest BCUT2D eigenvalue weighted by Crippen LogP contribution is 2.16. The van der Waals surface area contributed by atoms with Crippen molar-refractivity contribution in [3.05, 3.63) is 65.3 Å². The number of rotatable bonds is 5. The van der Waals surface area contributed by atoms with Crippen LogP contribution in [0.25, 0.3) is 5.69 Å². The largest absolute Gasteiger partial charge is 0.347 e. The number of amides is 1. The van der Waals surface area contributed by atoms with Gasteiger partial charge in [-0.2, -0.15) is 0 Å². The van der Waals surface area contributed by atoms with E-state index in [9.17, 15) is 14.9 Å². The zero-order chi connectivity index (χ0) is 14.5. The van der Waals surface area contributed by atoms with Crippen LogP contribution in [0.15, 0.2) is 49.4 Å². The molecule has 102 valence electrons. The van der Waals surface area contributed by atoms with Crippen LogP contribution in [0.2, 0.25) is 0 Å². The molecule has 7 heteroatoms. The van der Waals surface area contributed by atoms with E-state index in [1.165, 1.54) is 24.7 Å². The molecule has 0 aliphatic heterocycles. The predicted molar refractivity (Wildman–Crippen MR) is 72.7 cm³/mol. The van der Waals surface area contributed by atoms with Crippen molar-refractivity contribution in [2.24, 2.45) is 0 Å². The van der Waals surface area contributed by atoms with Gasteiger partial charge in [0.25, 0.3) is 11.6 Å². The molecular weight excluding hydrogens is 260 g/mol. The van der Waals surface area contributed by atoms with Gasteiger partial charge < -0.3 is 9.88 Å². The van der Waals surface area contributed by atoms with Crippen molar-refractivity contribution in [2.45, 2.75) is 0 Å². The summed E-state index contributed by atoms with van der Waals surface area (Å²) in [5.74, 6) is -0.325. The number of benzene rings is 1. The molecule has 1 N–H and O–H groups in total. The monoisotopic (exact) mass is 272 g/mol. The molecule has 0 bridgehead atoms. The number of nitrogens with one attached hydrogen (secondary N) is 1. The summed E-state index contributed by atoms with van der Waals surface area (Å²) in [5.41, 5.74) is 0.779. The van der Waals surface area contributed by atoms with E-state index in [4.69, 9.17) is 0 Å². The topological polar surface area (TPSA) is 90.1 Å². The number of nitrogens with zero attached hydrogens (tertiary/aromatic N) is 3. The fourth-order valence-electron chi connectivity index (χ4n) is 1.60. The summed E-state index contributed by atoms with van der Waals surface area (Å²) < 4.78 is 1.55. The summed E-state index contributed by atoms with van der Waals surface area (Å²) >= 11 is 0. The van der Waals surface area contributed by atoms with E-state index in [-0.39, 0.29) is 17.3 Å². The first-order chi connectivity index (χ1) is 9.61. The third-order valence-electron chi connectivity index (χ3n) is 2.56. The van der Waals surface area contributed by atoms with Gasteiger partial charge in [0.05, 0.1) is 10.6 Å². The normalized spacial score (nSPS) is 10.0. The van der Waals surface area contributed by atoms with Crippen molar-refractivity contribution >= 4 is 11.6 Å². The number of nitro benzene ring substituents is 1. The number of aromatic nitrogens is 2. The molecule has 0 unspecified atom stereocenters. The third-order valence-corrected chi connectivity index (χ3v) is 2.56. The number of carbonyl (C=O) groups is 1. The number of carbonyl (C=O) groups excluding carboxylic acids is 1. The summed E-state index contributed by atoms with van der Waals surface area (Å²) in [5, 5.41) is 13.3. The van der Waals surface area contributed by atoms with Gasteiger partial charge in [-0.3, -0.25) is 14.9 Å². The summed E-state index contributed by atoms with van der Waals surface area (Å²) in [7, 11) is 0. The Balaban J connectivity index is 2.24. The van der Waals surface area contributed by atoms with E-state index < -0.39 is 4.92 Å². The lowest BCUT2D eigenvalue weighted by molar-refractivity contribution is -0.384. The Labute approximate surface area is 114 Å². The van der Waals surface area contributed by atoms with E-state index in [0.29, 0.717) is 12.2 Å². The zero-order valence-corrected chi connectivity index (χ0v) is 10.5. The maximum atomic E-state index is 11.7. The smallest absolute Gasteiger partial charge is 0.271 e. The second kappa shape index (κ2) is 5.79. The molecule has 0 radical (unpaired) electrons. The fraction of sp³-hybridized carbons (Fsp3) is 0.0769. The van der Waals surface area contributed by atoms with E-state index in [1.807, 2.05) is 0 Å². The Morgan fingerprint density at radius 1 is 1.55 bits per heavy atom. The lowest BCUT2D eigenvalue weighted by Crippen LogP contribution is -2.23. The van der Waals surface area contributed by atoms with Crippen LogP contribution < -0.4 is 5.32 Å². The molecule has 20 heavy (non-hydrogen) atoms. The quantitative estimate of drug-likeness (QED) is 0.509. The second-order valence-electron chi connectivity index (χ2n) is 3.94. The average molecular weight is 272 g/mol. The highest BCUT2D eigenvalue weighted by molar-refractivity contribution is 5.92. The van der Waals surface area contributed by atoms with Crippen LogP contribution >= 0.6 is 0 Å². The molecule has 2 aromatic rings. The van der Waals surface area contributed by atoms with Crippen LogP contribution in [0.4, 0.5) is 5.69 Å². The Hall–Kier alpha value is -2.96. The standard InChI is InChI=1S/C13H12N4O3/c1-2-6-14-13(18)12-8-16(9-15-12)10-4-3-5-11(7-10)17(19)20/h2-5,7-9H,1,6H2,(H,14,18). The van der Waals surface area contributed by atoms with Crippen molar-refractivity contribution in [3.63, 3.8) is 0 Å². The molecule has 1 heterocycles. The molecule has 0 atom stereocenters. The molecule has 0 saturated carbocycles. The Bertz CT molecular complexity index is 663. The predicted octanol–water partition coefficient (Wildman–Crippen LogP) is 1.70. The van der Waals surface area contributed by atoms with Crippen LogP contribution in [0.1, 0.15) is 10.5 Å². The van der Waals surface area contributed by atoms with Gasteiger partial charge in [-0.1, -0.05) is 12.1 Å². The minimum atomic E-state index is -0.474. The number of hydrogen-bond acceptors (Lipinski definition) is 4. The minimum absolute atomic E-state index is 0.0196. The first kappa shape index (κ1) is 13.5. The van der Waals surface area contributed by atoms with Gasteiger partial charge in [-0.15, -0.1) is 6.58 Å². The first-order valence-electron chi connectivity index (χ1n) is 5.79. The summed E-state index contributed by atoms with van der Waals surface area (Å²) in [6, 6.07) is 6.08. The molecule has 1 amide bonds. The van der Waals surface area contributed by atoms with Gasteiger partial charge in [-0.25, -0.2) is 4.98 Å². The highest BCUT2D eigenvalue weighted by Gasteiger charge is 2.11. The molecule has 0 spiro atoms. The molecule has 0 aliphatic carbocycles. The molecule has 7 nitrogen and oxygen atoms in total. The van der Waals surface area contributed by atoms with Crippen LogP contribution in [0.3, 0.4) is 0 Å². The fourth-order valence-corrected chi connectivity index (χ4v) is 1.60. The maximum Gasteiger partial charge on any atom is 0.271 e. The van der Waals surface area contributed by atoms with Gasteiger partial charge in [-0.05, 0) is 6.07 Å². The van der Waals surface area contributed by atoms with Crippen LogP contribution in [0, 0.1) is 10.1 Å². The van der Waals surface area contributed by atoms with Crippen molar-refractivity contribution in [1.29, 1.82) is 0 Å². The molecule has 1 aromatic heterocycles. The Morgan fingerprint density at radius 3 is 3.05 bits per heavy atom. The van der Waals surface area contributed by atoms with Gasteiger partial charge in [0, 0.05) is 24.9 Å². The zero-order valence-electron chi connectivity index (χ0n) is 10.5. The number of non-ortho nitro benzene ring substituents is 1. The molecule has 0 aliphatic rings. The van der Waals surface area contributed by atoms with Crippen LogP contribution in [-0.4, -0.2) is 26.9 Å². The minimum Gasteiger partial charge on any atom is -0.347 e. The van der Waals surface area contributed by atoms with Gasteiger partial charge >= 0.3 is 0 Å². The van der Waals surface area contributed by atoms with Crippen LogP contribution in [-0.2, 0) is 0 Å². The molecule has 0 fully saturated rings. The summed E-state index contributed by atoms with van der Waals surface area (Å²) in [6.45, 7) is 3.85. The number of nitro groups is 1. The van der Waals surface area contributed by atoms with Gasteiger partial charge in [0.2, 0.25) is 0 Å². The van der Waals surface area contributed by atoms with Crippen molar-refractivity contribution in [3.8, 4) is 5.69 Å². The second-order valence-corrected chi connectivity index (χ2v) is 3.94. The average Bonchev–Trinajstić information content (AvgIpc) is 2.94. The van der Waals surface area contributed by atoms with Gasteiger partial charge in [0.15, 0.2) is 0 Å². The number of imidazole rings is 1. The molecule has 2 rings (SSSR count). The first-order valence-corrected chi connectivity index (χ1v) is 5.79. The highest BCUT2D eigenvalue weighted by atomic mass is 16.6. The van der Waals surface area contributed by atoms with Crippen LogP contribution in [0.5, 0.6) is 0 Å². The summed E-state index contributed by atoms with van der Waals surface area (Å²) in [6.07, 6.45) is 4.51. The van der Waals surface area contributed by atoms with Crippen molar-refractivity contribution in [2.75, 3.05) is 6.54 Å². The molecular formula is C13H12N4O3. The maximum absolute atomic E-state index is 11.7. The lowest BCUT2D eigenvalue weighted by Gasteiger charge is -2.01. The van der Waals surface area contributed by atoms with Crippen molar-refractivity contribution < 1.29 is 9.72 Å². The van der Waals surface area contributed by atoms with E-state index in [1.54, 1.807) is 22.8 Å². The van der Waals surface area contributed by atoms with E-state index in [2.05, 4.69) is 16.9 Å². The lowest BCUT2D eigenvalue weighted by atomic mass is 10.3. The molecule has 0 saturated heterocycles. The molecule has 1 aromatic carbocycles. The SMILES string of the molecule is C=CCNC(=O)c1cn(-c2cccc([N+](=O)[O-])c2)cn1. The Kier molecular flexibility index (Phi) is 3.90. The van der Waals surface area contributed by atoms with Gasteiger partial charge in [0.1, 0.15) is 12.0 Å². The third kappa shape index (κ3) is 2.89. The summed E-state index contributed by atoms with van der Waals surface area (Å²) in [4.78, 5) is 25.9.